The van der Waals surface area contributed by atoms with Crippen LogP contribution < -0.4 is 14.8 Å². The zero-order valence-electron chi connectivity index (χ0n) is 15.6. The number of hydrogen-bond donors (Lipinski definition) is 1. The first-order chi connectivity index (χ1) is 14.0. The fraction of sp³-hybridized carbons (Fsp3) is 0.182. The molecule has 0 aliphatic heterocycles. The molecule has 0 unspecified atom stereocenters. The van der Waals surface area contributed by atoms with Crippen LogP contribution in [0.15, 0.2) is 54.6 Å². The van der Waals surface area contributed by atoms with Crippen LogP contribution in [-0.2, 0) is 13.2 Å². The number of hydrogen-bond acceptors (Lipinski definition) is 3. The van der Waals surface area contributed by atoms with E-state index in [9.17, 15) is 0 Å². The fourth-order valence-electron chi connectivity index (χ4n) is 2.73. The highest BCUT2D eigenvalue weighted by Gasteiger charge is 2.13. The zero-order valence-corrected chi connectivity index (χ0v) is 18.7. The summed E-state index contributed by atoms with van der Waals surface area (Å²) in [5.41, 5.74) is 2.63. The van der Waals surface area contributed by atoms with Crippen molar-refractivity contribution in [2.45, 2.75) is 20.1 Å². The third kappa shape index (κ3) is 5.86. The van der Waals surface area contributed by atoms with Gasteiger partial charge in [-0.1, -0.05) is 64.6 Å². The normalized spacial score (nSPS) is 10.7. The Hall–Kier alpha value is -1.78. The lowest BCUT2D eigenvalue weighted by Crippen LogP contribution is -2.06. The molecule has 3 rings (SSSR count). The number of benzene rings is 3. The van der Waals surface area contributed by atoms with Gasteiger partial charge in [0.05, 0.1) is 16.7 Å². The first kappa shape index (κ1) is 21.9. The first-order valence-corrected chi connectivity index (χ1v) is 10.5. The summed E-state index contributed by atoms with van der Waals surface area (Å²) in [5.74, 6) is 1.33. The monoisotopic (exact) mass is 469 g/mol. The molecule has 0 spiro atoms. The fourth-order valence-corrected chi connectivity index (χ4v) is 3.49. The summed E-state index contributed by atoms with van der Waals surface area (Å²) in [5, 5.41) is 5.48. The summed E-state index contributed by atoms with van der Waals surface area (Å²) < 4.78 is 11.9. The van der Waals surface area contributed by atoms with E-state index in [4.69, 9.17) is 55.9 Å². The summed E-state index contributed by atoms with van der Waals surface area (Å²) in [6, 6.07) is 16.5. The smallest absolute Gasteiger partial charge is 0.166 e. The van der Waals surface area contributed by atoms with Crippen molar-refractivity contribution < 1.29 is 9.47 Å². The van der Waals surface area contributed by atoms with Crippen molar-refractivity contribution in [3.8, 4) is 11.5 Å². The Kier molecular flexibility index (Phi) is 7.79. The van der Waals surface area contributed by atoms with Crippen LogP contribution >= 0.6 is 46.4 Å². The molecule has 0 aliphatic rings. The molecule has 3 nitrogen and oxygen atoms in total. The minimum absolute atomic E-state index is 0.292. The third-order valence-corrected chi connectivity index (χ3v) is 5.48. The summed E-state index contributed by atoms with van der Waals surface area (Å²) in [6.07, 6.45) is 0. The van der Waals surface area contributed by atoms with Gasteiger partial charge in [0, 0.05) is 33.4 Å². The Morgan fingerprint density at radius 3 is 2.34 bits per heavy atom. The van der Waals surface area contributed by atoms with Crippen LogP contribution in [0.2, 0.25) is 20.1 Å². The van der Waals surface area contributed by atoms with Gasteiger partial charge in [0.1, 0.15) is 6.61 Å². The van der Waals surface area contributed by atoms with E-state index in [2.05, 4.69) is 5.32 Å². The molecule has 1 N–H and O–H groups in total. The van der Waals surface area contributed by atoms with Gasteiger partial charge in [-0.3, -0.25) is 0 Å². The Balaban J connectivity index is 1.80. The van der Waals surface area contributed by atoms with Gasteiger partial charge >= 0.3 is 0 Å². The molecule has 3 aromatic carbocycles. The van der Waals surface area contributed by atoms with Crippen LogP contribution in [0.3, 0.4) is 0 Å². The highest BCUT2D eigenvalue weighted by molar-refractivity contribution is 6.42. The molecule has 152 valence electrons. The predicted octanol–water partition coefficient (Wildman–Crippen LogP) is 7.89. The molecule has 0 saturated heterocycles. The van der Waals surface area contributed by atoms with E-state index >= 15 is 0 Å². The summed E-state index contributed by atoms with van der Waals surface area (Å²) in [7, 11) is 0. The van der Waals surface area contributed by atoms with Gasteiger partial charge in [0.2, 0.25) is 0 Å². The van der Waals surface area contributed by atoms with Crippen LogP contribution in [0.4, 0.5) is 5.69 Å². The Bertz CT molecular complexity index is 995. The van der Waals surface area contributed by atoms with Crippen LogP contribution in [0.25, 0.3) is 0 Å². The molecule has 0 aromatic heterocycles. The largest absolute Gasteiger partial charge is 0.490 e. The maximum atomic E-state index is 6.27. The number of nitrogens with one attached hydrogen (secondary N) is 1. The molecule has 0 atom stereocenters. The van der Waals surface area contributed by atoms with E-state index < -0.39 is 0 Å². The quantitative estimate of drug-likeness (QED) is 0.363. The Morgan fingerprint density at radius 2 is 1.62 bits per heavy atom. The first-order valence-electron chi connectivity index (χ1n) is 8.98. The molecule has 3 aromatic rings. The maximum Gasteiger partial charge on any atom is 0.166 e. The van der Waals surface area contributed by atoms with E-state index in [0.717, 1.165) is 16.8 Å². The second-order valence-electron chi connectivity index (χ2n) is 6.18. The summed E-state index contributed by atoms with van der Waals surface area (Å²) >= 11 is 24.3. The highest BCUT2D eigenvalue weighted by atomic mass is 35.5. The lowest BCUT2D eigenvalue weighted by molar-refractivity contribution is 0.267. The lowest BCUT2D eigenvalue weighted by atomic mass is 10.1. The molecule has 0 bridgehead atoms. The van der Waals surface area contributed by atoms with Crippen LogP contribution in [-0.4, -0.2) is 6.61 Å². The molecule has 7 heteroatoms. The lowest BCUT2D eigenvalue weighted by Gasteiger charge is -2.17. The number of rotatable bonds is 8. The topological polar surface area (TPSA) is 30.5 Å². The van der Waals surface area contributed by atoms with Gasteiger partial charge < -0.3 is 14.8 Å². The highest BCUT2D eigenvalue weighted by Crippen LogP contribution is 2.34. The van der Waals surface area contributed by atoms with Crippen molar-refractivity contribution in [3.05, 3.63) is 85.8 Å². The van der Waals surface area contributed by atoms with Gasteiger partial charge in [0.15, 0.2) is 11.5 Å². The molecule has 0 radical (unpaired) electrons. The SMILES string of the molecule is CCOc1cccc(CNc2ccc(Cl)c(Cl)c2)c1OCc1ccc(Cl)cc1Cl. The molecule has 0 saturated carbocycles. The van der Waals surface area contributed by atoms with E-state index in [-0.39, 0.29) is 0 Å². The van der Waals surface area contributed by atoms with E-state index in [1.807, 2.05) is 37.3 Å². The molecule has 0 heterocycles. The Labute approximate surface area is 190 Å². The van der Waals surface area contributed by atoms with Crippen molar-refractivity contribution in [1.29, 1.82) is 0 Å². The van der Waals surface area contributed by atoms with E-state index in [0.29, 0.717) is 51.3 Å². The number of para-hydroxylation sites is 1. The number of anilines is 1. The van der Waals surface area contributed by atoms with Gasteiger partial charge in [-0.2, -0.15) is 0 Å². The van der Waals surface area contributed by atoms with Gasteiger partial charge in [0.25, 0.3) is 0 Å². The van der Waals surface area contributed by atoms with E-state index in [1.54, 1.807) is 24.3 Å². The maximum absolute atomic E-state index is 6.27. The molecular formula is C22H19Cl4NO2. The summed E-state index contributed by atoms with van der Waals surface area (Å²) in [4.78, 5) is 0. The van der Waals surface area contributed by atoms with Gasteiger partial charge in [-0.05, 0) is 43.3 Å². The van der Waals surface area contributed by atoms with Crippen molar-refractivity contribution in [1.82, 2.24) is 0 Å². The zero-order chi connectivity index (χ0) is 20.8. The van der Waals surface area contributed by atoms with Crippen molar-refractivity contribution in [2.75, 3.05) is 11.9 Å². The standard InChI is InChI=1S/C22H19Cl4NO2/c1-2-28-21-5-3-4-14(12-27-17-8-9-18(24)20(26)11-17)22(21)29-13-15-6-7-16(23)10-19(15)25/h3-11,27H,2,12-13H2,1H3. The van der Waals surface area contributed by atoms with Crippen molar-refractivity contribution in [3.63, 3.8) is 0 Å². The second kappa shape index (κ2) is 10.3. The Morgan fingerprint density at radius 1 is 0.793 bits per heavy atom. The summed E-state index contributed by atoms with van der Waals surface area (Å²) in [6.45, 7) is 3.27. The van der Waals surface area contributed by atoms with Crippen molar-refractivity contribution in [2.24, 2.45) is 0 Å². The van der Waals surface area contributed by atoms with Crippen LogP contribution in [0, 0.1) is 0 Å². The molecule has 0 aliphatic carbocycles. The minimum atomic E-state index is 0.292. The molecule has 0 amide bonds. The number of halogens is 4. The average Bonchev–Trinajstić information content (AvgIpc) is 2.69. The number of ether oxygens (including phenoxy) is 2. The molecule has 29 heavy (non-hydrogen) atoms. The molecular weight excluding hydrogens is 452 g/mol. The van der Waals surface area contributed by atoms with Gasteiger partial charge in [-0.25, -0.2) is 0 Å². The van der Waals surface area contributed by atoms with E-state index in [1.165, 1.54) is 0 Å². The second-order valence-corrected chi connectivity index (χ2v) is 7.84. The van der Waals surface area contributed by atoms with Gasteiger partial charge in [-0.15, -0.1) is 0 Å². The van der Waals surface area contributed by atoms with Crippen LogP contribution in [0.1, 0.15) is 18.1 Å². The van der Waals surface area contributed by atoms with Crippen molar-refractivity contribution >= 4 is 52.1 Å². The average molecular weight is 471 g/mol. The molecule has 0 fully saturated rings. The van der Waals surface area contributed by atoms with Crippen LogP contribution in [0.5, 0.6) is 11.5 Å². The third-order valence-electron chi connectivity index (χ3n) is 4.15. The predicted molar refractivity (Wildman–Crippen MR) is 122 cm³/mol. The minimum Gasteiger partial charge on any atom is -0.490 e.